The normalized spacial score (nSPS) is 10.7. The van der Waals surface area contributed by atoms with Gasteiger partial charge < -0.3 is 19.2 Å². The Labute approximate surface area is 155 Å². The molecule has 0 aliphatic rings. The first-order chi connectivity index (χ1) is 12.7. The molecule has 0 fully saturated rings. The number of carbonyl (C=O) groups is 1. The van der Waals surface area contributed by atoms with E-state index in [-0.39, 0.29) is 12.3 Å². The van der Waals surface area contributed by atoms with Gasteiger partial charge in [0.1, 0.15) is 18.1 Å². The lowest BCUT2D eigenvalue weighted by atomic mass is 10.2. The Kier molecular flexibility index (Phi) is 6.04. The van der Waals surface area contributed by atoms with Crippen LogP contribution < -0.4 is 10.1 Å². The molecule has 0 unspecified atom stereocenters. The standard InChI is InChI=1S/C19H20N2O4S/c1-13-16(21-19(25-13)17-4-3-11-26-17)12-18(22)20-14-5-7-15(8-6-14)24-10-9-23-2/h3-8,11H,9-10,12H2,1-2H3,(H,20,22). The highest BCUT2D eigenvalue weighted by Crippen LogP contribution is 2.26. The van der Waals surface area contributed by atoms with Crippen molar-refractivity contribution in [3.05, 3.63) is 53.2 Å². The van der Waals surface area contributed by atoms with Crippen LogP contribution in [-0.2, 0) is 16.0 Å². The Balaban J connectivity index is 1.57. The van der Waals surface area contributed by atoms with Crippen LogP contribution in [0.1, 0.15) is 11.5 Å². The van der Waals surface area contributed by atoms with E-state index < -0.39 is 0 Å². The molecule has 1 amide bonds. The number of ether oxygens (including phenoxy) is 2. The maximum Gasteiger partial charge on any atom is 0.236 e. The number of anilines is 1. The molecule has 6 nitrogen and oxygen atoms in total. The van der Waals surface area contributed by atoms with Crippen molar-refractivity contribution in [2.45, 2.75) is 13.3 Å². The molecule has 0 atom stereocenters. The molecule has 26 heavy (non-hydrogen) atoms. The van der Waals surface area contributed by atoms with Gasteiger partial charge in [0.2, 0.25) is 11.8 Å². The van der Waals surface area contributed by atoms with E-state index in [2.05, 4.69) is 10.3 Å². The van der Waals surface area contributed by atoms with Crippen molar-refractivity contribution in [3.8, 4) is 16.5 Å². The number of methoxy groups -OCH3 is 1. The second kappa shape index (κ2) is 8.64. The minimum Gasteiger partial charge on any atom is -0.491 e. The van der Waals surface area contributed by atoms with Gasteiger partial charge in [0, 0.05) is 12.8 Å². The highest BCUT2D eigenvalue weighted by Gasteiger charge is 2.15. The summed E-state index contributed by atoms with van der Waals surface area (Å²) in [6.07, 6.45) is 0.160. The Morgan fingerprint density at radius 3 is 2.73 bits per heavy atom. The number of thiophene rings is 1. The highest BCUT2D eigenvalue weighted by atomic mass is 32.1. The largest absolute Gasteiger partial charge is 0.491 e. The molecular weight excluding hydrogens is 352 g/mol. The van der Waals surface area contributed by atoms with Crippen LogP contribution in [0, 0.1) is 6.92 Å². The van der Waals surface area contributed by atoms with Gasteiger partial charge in [0.15, 0.2) is 0 Å². The van der Waals surface area contributed by atoms with Gasteiger partial charge in [-0.05, 0) is 42.6 Å². The van der Waals surface area contributed by atoms with Crippen LogP contribution in [0.2, 0.25) is 0 Å². The zero-order valence-corrected chi connectivity index (χ0v) is 15.5. The molecule has 0 spiro atoms. The molecule has 0 saturated heterocycles. The topological polar surface area (TPSA) is 73.6 Å². The number of oxazole rings is 1. The number of nitrogens with zero attached hydrogens (tertiary/aromatic N) is 1. The van der Waals surface area contributed by atoms with Crippen molar-refractivity contribution in [3.63, 3.8) is 0 Å². The summed E-state index contributed by atoms with van der Waals surface area (Å²) in [5.74, 6) is 1.79. The lowest BCUT2D eigenvalue weighted by Crippen LogP contribution is -2.15. The van der Waals surface area contributed by atoms with Gasteiger partial charge in [-0.15, -0.1) is 11.3 Å². The summed E-state index contributed by atoms with van der Waals surface area (Å²) in [6, 6.07) is 11.1. The number of carbonyl (C=O) groups excluding carboxylic acids is 1. The van der Waals surface area contributed by atoms with E-state index >= 15 is 0 Å². The minimum atomic E-state index is -0.146. The quantitative estimate of drug-likeness (QED) is 0.607. The van der Waals surface area contributed by atoms with Crippen LogP contribution in [0.5, 0.6) is 5.75 Å². The number of amides is 1. The summed E-state index contributed by atoms with van der Waals surface area (Å²) in [7, 11) is 1.63. The SMILES string of the molecule is COCCOc1ccc(NC(=O)Cc2nc(-c3cccs3)oc2C)cc1. The van der Waals surface area contributed by atoms with Gasteiger partial charge in [0.25, 0.3) is 0 Å². The van der Waals surface area contributed by atoms with Gasteiger partial charge in [-0.3, -0.25) is 4.79 Å². The Morgan fingerprint density at radius 1 is 1.23 bits per heavy atom. The number of benzene rings is 1. The van der Waals surface area contributed by atoms with E-state index in [0.29, 0.717) is 36.2 Å². The van der Waals surface area contributed by atoms with E-state index in [9.17, 15) is 4.79 Å². The summed E-state index contributed by atoms with van der Waals surface area (Å²) >= 11 is 1.55. The van der Waals surface area contributed by atoms with Crippen molar-refractivity contribution < 1.29 is 18.7 Å². The van der Waals surface area contributed by atoms with E-state index in [4.69, 9.17) is 13.9 Å². The molecule has 0 aliphatic heterocycles. The second-order valence-electron chi connectivity index (χ2n) is 5.59. The van der Waals surface area contributed by atoms with Gasteiger partial charge in [0.05, 0.1) is 23.6 Å². The molecule has 0 saturated carbocycles. The third-order valence-electron chi connectivity index (χ3n) is 3.65. The lowest BCUT2D eigenvalue weighted by Gasteiger charge is -2.07. The van der Waals surface area contributed by atoms with Crippen LogP contribution in [0.25, 0.3) is 10.8 Å². The Bertz CT molecular complexity index is 841. The van der Waals surface area contributed by atoms with Crippen molar-refractivity contribution in [1.29, 1.82) is 0 Å². The summed E-state index contributed by atoms with van der Waals surface area (Å²) in [5.41, 5.74) is 1.35. The summed E-state index contributed by atoms with van der Waals surface area (Å²) in [6.45, 7) is 2.84. The van der Waals surface area contributed by atoms with E-state index in [1.165, 1.54) is 0 Å². The first-order valence-electron chi connectivity index (χ1n) is 8.17. The Hall–Kier alpha value is -2.64. The lowest BCUT2D eigenvalue weighted by molar-refractivity contribution is -0.115. The molecule has 1 N–H and O–H groups in total. The third-order valence-corrected chi connectivity index (χ3v) is 4.50. The number of hydrogen-bond acceptors (Lipinski definition) is 6. The number of nitrogens with one attached hydrogen (secondary N) is 1. The predicted octanol–water partition coefficient (Wildman–Crippen LogP) is 3.92. The monoisotopic (exact) mass is 372 g/mol. The van der Waals surface area contributed by atoms with E-state index in [1.807, 2.05) is 36.6 Å². The molecule has 2 aromatic heterocycles. The smallest absolute Gasteiger partial charge is 0.236 e. The average Bonchev–Trinajstić information content (AvgIpc) is 3.27. The van der Waals surface area contributed by atoms with Crippen molar-refractivity contribution >= 4 is 22.9 Å². The van der Waals surface area contributed by atoms with Crippen molar-refractivity contribution in [2.75, 3.05) is 25.6 Å². The summed E-state index contributed by atoms with van der Waals surface area (Å²) in [4.78, 5) is 17.7. The van der Waals surface area contributed by atoms with E-state index in [0.717, 1.165) is 10.6 Å². The molecule has 136 valence electrons. The van der Waals surface area contributed by atoms with Gasteiger partial charge in [-0.2, -0.15) is 0 Å². The molecule has 3 rings (SSSR count). The van der Waals surface area contributed by atoms with Gasteiger partial charge in [-0.25, -0.2) is 4.98 Å². The van der Waals surface area contributed by atoms with E-state index in [1.54, 1.807) is 30.6 Å². The Morgan fingerprint density at radius 2 is 2.04 bits per heavy atom. The van der Waals surface area contributed by atoms with Crippen molar-refractivity contribution in [1.82, 2.24) is 4.98 Å². The molecule has 0 aliphatic carbocycles. The molecular formula is C19H20N2O4S. The maximum atomic E-state index is 12.3. The second-order valence-corrected chi connectivity index (χ2v) is 6.54. The average molecular weight is 372 g/mol. The first-order valence-corrected chi connectivity index (χ1v) is 9.05. The molecule has 3 aromatic rings. The van der Waals surface area contributed by atoms with Crippen LogP contribution in [0.15, 0.2) is 46.2 Å². The molecule has 2 heterocycles. The molecule has 0 radical (unpaired) electrons. The fraction of sp³-hybridized carbons (Fsp3) is 0.263. The van der Waals surface area contributed by atoms with Crippen LogP contribution >= 0.6 is 11.3 Å². The summed E-state index contributed by atoms with van der Waals surface area (Å²) < 4.78 is 16.1. The number of hydrogen-bond donors (Lipinski definition) is 1. The molecule has 1 aromatic carbocycles. The fourth-order valence-electron chi connectivity index (χ4n) is 2.33. The number of rotatable bonds is 8. The molecule has 7 heteroatoms. The highest BCUT2D eigenvalue weighted by molar-refractivity contribution is 7.13. The van der Waals surface area contributed by atoms with Crippen LogP contribution in [-0.4, -0.2) is 31.2 Å². The summed E-state index contributed by atoms with van der Waals surface area (Å²) in [5, 5.41) is 4.82. The van der Waals surface area contributed by atoms with Gasteiger partial charge >= 0.3 is 0 Å². The van der Waals surface area contributed by atoms with Gasteiger partial charge in [-0.1, -0.05) is 6.07 Å². The van der Waals surface area contributed by atoms with Crippen molar-refractivity contribution in [2.24, 2.45) is 0 Å². The maximum absolute atomic E-state index is 12.3. The minimum absolute atomic E-state index is 0.146. The first kappa shape index (κ1) is 18.2. The van der Waals surface area contributed by atoms with Crippen LogP contribution in [0.3, 0.4) is 0 Å². The fourth-order valence-corrected chi connectivity index (χ4v) is 2.98. The predicted molar refractivity (Wildman–Crippen MR) is 101 cm³/mol. The number of aromatic nitrogens is 1. The zero-order valence-electron chi connectivity index (χ0n) is 14.7. The van der Waals surface area contributed by atoms with Crippen LogP contribution in [0.4, 0.5) is 5.69 Å². The zero-order chi connectivity index (χ0) is 18.4. The molecule has 0 bridgehead atoms. The third kappa shape index (κ3) is 4.71. The number of aryl methyl sites for hydroxylation is 1.